The summed E-state index contributed by atoms with van der Waals surface area (Å²) in [6, 6.07) is 9.53. The normalized spacial score (nSPS) is 23.8. The van der Waals surface area contributed by atoms with Gasteiger partial charge in [0.25, 0.3) is 0 Å². The Labute approximate surface area is 162 Å². The van der Waals surface area contributed by atoms with Crippen molar-refractivity contribution in [2.24, 2.45) is 5.92 Å². The van der Waals surface area contributed by atoms with Gasteiger partial charge in [0, 0.05) is 52.4 Å². The van der Waals surface area contributed by atoms with Gasteiger partial charge in [0.15, 0.2) is 0 Å². The smallest absolute Gasteiger partial charge is 0.0570 e. The fourth-order valence-corrected chi connectivity index (χ4v) is 3.60. The minimum atomic E-state index is -0.0409. The molecule has 0 aromatic heterocycles. The van der Waals surface area contributed by atoms with Gasteiger partial charge in [-0.2, -0.15) is 0 Å². The predicted octanol–water partition coefficient (Wildman–Crippen LogP) is 3.69. The summed E-state index contributed by atoms with van der Waals surface area (Å²) >= 11 is 0. The molecule has 1 saturated heterocycles. The van der Waals surface area contributed by atoms with Gasteiger partial charge in [0.05, 0.1) is 6.10 Å². The van der Waals surface area contributed by atoms with Crippen LogP contribution in [-0.4, -0.2) is 48.8 Å². The van der Waals surface area contributed by atoms with Crippen molar-refractivity contribution in [2.75, 3.05) is 31.6 Å². The van der Waals surface area contributed by atoms with Crippen LogP contribution in [0.3, 0.4) is 0 Å². The quantitative estimate of drug-likeness (QED) is 0.681. The minimum absolute atomic E-state index is 0. The molecule has 3 nitrogen and oxygen atoms in total. The fraction of sp³-hybridized carbons (Fsp3) is 0.700. The van der Waals surface area contributed by atoms with Gasteiger partial charge in [-0.05, 0) is 57.7 Å². The summed E-state index contributed by atoms with van der Waals surface area (Å²) in [6.45, 7) is 9.69. The van der Waals surface area contributed by atoms with E-state index in [2.05, 4.69) is 48.0 Å². The first-order chi connectivity index (χ1) is 11.1. The number of rotatable bonds is 4. The molecule has 1 aliphatic heterocycles. The molecule has 1 saturated carbocycles. The molecular formula is C20H34N2OW. The van der Waals surface area contributed by atoms with E-state index in [9.17, 15) is 5.11 Å². The maximum Gasteiger partial charge on any atom is 0.0570 e. The Hall–Kier alpha value is -0.372. The number of anilines is 1. The van der Waals surface area contributed by atoms with Gasteiger partial charge in [-0.25, -0.2) is 0 Å². The van der Waals surface area contributed by atoms with Crippen molar-refractivity contribution in [1.29, 1.82) is 0 Å². The summed E-state index contributed by atoms with van der Waals surface area (Å²) in [6.07, 6.45) is 4.47. The van der Waals surface area contributed by atoms with E-state index in [0.717, 1.165) is 18.8 Å². The third-order valence-corrected chi connectivity index (χ3v) is 5.27. The largest absolute Gasteiger partial charge is 0.393 e. The Morgan fingerprint density at radius 3 is 2.12 bits per heavy atom. The van der Waals surface area contributed by atoms with Gasteiger partial charge in [-0.15, -0.1) is 0 Å². The predicted molar refractivity (Wildman–Crippen MR) is 99.1 cm³/mol. The Bertz CT molecular complexity index is 451. The molecule has 0 atom stereocenters. The summed E-state index contributed by atoms with van der Waals surface area (Å²) in [5, 5.41) is 9.42. The maximum absolute atomic E-state index is 9.42. The summed E-state index contributed by atoms with van der Waals surface area (Å²) < 4.78 is 0. The molecule has 1 N–H and O–H groups in total. The Morgan fingerprint density at radius 2 is 1.62 bits per heavy atom. The average molecular weight is 502 g/mol. The average Bonchev–Trinajstić information content (AvgIpc) is 2.55. The third-order valence-electron chi connectivity index (χ3n) is 5.27. The van der Waals surface area contributed by atoms with E-state index in [-0.39, 0.29) is 27.2 Å². The van der Waals surface area contributed by atoms with E-state index in [1.807, 2.05) is 13.8 Å². The monoisotopic (exact) mass is 502 g/mol. The number of nitrogens with zero attached hydrogens (tertiary/aromatic N) is 2. The fourth-order valence-electron chi connectivity index (χ4n) is 3.60. The van der Waals surface area contributed by atoms with Crippen molar-refractivity contribution < 1.29 is 26.2 Å². The van der Waals surface area contributed by atoms with E-state index in [1.54, 1.807) is 0 Å². The SMILES string of the molecule is CC.Cc1ccc(N2CCC(CN(C)C3CC(O)C3)CC2)cc1.[W]. The molecule has 2 aliphatic rings. The second-order valence-electron chi connectivity index (χ2n) is 6.98. The number of benzene rings is 1. The molecular weight excluding hydrogens is 468 g/mol. The van der Waals surface area contributed by atoms with Crippen LogP contribution in [0.1, 0.15) is 45.1 Å². The molecule has 4 heteroatoms. The second kappa shape index (κ2) is 10.6. The zero-order valence-electron chi connectivity index (χ0n) is 15.7. The summed E-state index contributed by atoms with van der Waals surface area (Å²) in [5.74, 6) is 0.814. The van der Waals surface area contributed by atoms with Crippen LogP contribution < -0.4 is 4.90 Å². The molecule has 1 aliphatic carbocycles. The molecule has 0 radical (unpaired) electrons. The summed E-state index contributed by atoms with van der Waals surface area (Å²) in [7, 11) is 2.23. The first-order valence-electron chi connectivity index (χ1n) is 9.32. The van der Waals surface area contributed by atoms with Crippen LogP contribution in [0.4, 0.5) is 5.69 Å². The number of aliphatic hydroxyl groups is 1. The van der Waals surface area contributed by atoms with Gasteiger partial charge >= 0.3 is 0 Å². The van der Waals surface area contributed by atoms with Crippen molar-refractivity contribution >= 4 is 5.69 Å². The molecule has 0 spiro atoms. The van der Waals surface area contributed by atoms with Crippen molar-refractivity contribution in [2.45, 2.75) is 58.6 Å². The van der Waals surface area contributed by atoms with E-state index in [1.165, 1.54) is 43.7 Å². The number of hydrogen-bond acceptors (Lipinski definition) is 3. The van der Waals surface area contributed by atoms with Gasteiger partial charge in [0.2, 0.25) is 0 Å². The molecule has 0 unspecified atom stereocenters. The maximum atomic E-state index is 9.42. The van der Waals surface area contributed by atoms with E-state index in [0.29, 0.717) is 6.04 Å². The number of aryl methyl sites for hydroxylation is 1. The van der Waals surface area contributed by atoms with Crippen LogP contribution in [-0.2, 0) is 21.1 Å². The molecule has 0 bridgehead atoms. The Morgan fingerprint density at radius 1 is 1.08 bits per heavy atom. The standard InChI is InChI=1S/C18H28N2O.C2H6.W/c1-14-3-5-16(6-4-14)20-9-7-15(8-10-20)13-19(2)17-11-18(21)12-17;1-2;/h3-6,15,17-18,21H,7-13H2,1-2H3;1-2H3;. The zero-order valence-corrected chi connectivity index (χ0v) is 18.7. The Kier molecular flexibility index (Phi) is 9.55. The second-order valence-corrected chi connectivity index (χ2v) is 6.98. The van der Waals surface area contributed by atoms with E-state index >= 15 is 0 Å². The molecule has 1 aromatic rings. The van der Waals surface area contributed by atoms with Crippen molar-refractivity contribution in [3.05, 3.63) is 29.8 Å². The third kappa shape index (κ3) is 5.86. The minimum Gasteiger partial charge on any atom is -0.393 e. The molecule has 136 valence electrons. The van der Waals surface area contributed by atoms with Crippen molar-refractivity contribution in [3.8, 4) is 0 Å². The number of piperidine rings is 1. The van der Waals surface area contributed by atoms with Crippen LogP contribution in [0, 0.1) is 12.8 Å². The number of hydrogen-bond donors (Lipinski definition) is 1. The van der Waals surface area contributed by atoms with Crippen LogP contribution in [0.2, 0.25) is 0 Å². The van der Waals surface area contributed by atoms with Crippen molar-refractivity contribution in [3.63, 3.8) is 0 Å². The first-order valence-corrected chi connectivity index (χ1v) is 9.32. The molecule has 1 aromatic carbocycles. The van der Waals surface area contributed by atoms with E-state index in [4.69, 9.17) is 0 Å². The van der Waals surface area contributed by atoms with Gasteiger partial charge < -0.3 is 14.9 Å². The van der Waals surface area contributed by atoms with Gasteiger partial charge in [-0.3, -0.25) is 0 Å². The topological polar surface area (TPSA) is 26.7 Å². The van der Waals surface area contributed by atoms with Crippen LogP contribution in [0.5, 0.6) is 0 Å². The van der Waals surface area contributed by atoms with Crippen molar-refractivity contribution in [1.82, 2.24) is 4.90 Å². The Balaban J connectivity index is 0.000000925. The first kappa shape index (κ1) is 21.7. The van der Waals surface area contributed by atoms with Crippen LogP contribution >= 0.6 is 0 Å². The summed E-state index contributed by atoms with van der Waals surface area (Å²) in [4.78, 5) is 4.99. The number of aliphatic hydroxyl groups excluding tert-OH is 1. The van der Waals surface area contributed by atoms with Gasteiger partial charge in [-0.1, -0.05) is 31.5 Å². The molecule has 24 heavy (non-hydrogen) atoms. The molecule has 3 rings (SSSR count). The zero-order chi connectivity index (χ0) is 16.8. The van der Waals surface area contributed by atoms with Crippen LogP contribution in [0.15, 0.2) is 24.3 Å². The molecule has 2 fully saturated rings. The van der Waals surface area contributed by atoms with E-state index < -0.39 is 0 Å². The van der Waals surface area contributed by atoms with Crippen LogP contribution in [0.25, 0.3) is 0 Å². The molecule has 1 heterocycles. The van der Waals surface area contributed by atoms with Gasteiger partial charge in [0.1, 0.15) is 0 Å². The summed E-state index contributed by atoms with van der Waals surface area (Å²) in [5.41, 5.74) is 2.70. The molecule has 0 amide bonds.